The van der Waals surface area contributed by atoms with E-state index in [4.69, 9.17) is 13.8 Å². The number of nitrogens with zero attached hydrogens (tertiary/aromatic N) is 4. The van der Waals surface area contributed by atoms with Crippen LogP contribution in [0.4, 0.5) is 4.79 Å². The van der Waals surface area contributed by atoms with Gasteiger partial charge in [0.1, 0.15) is 11.6 Å². The fraction of sp³-hybridized carbons (Fsp3) is 0.750. The standard InChI is InChI=1S/C20H33N5O4S2/c1-11(2)15-22-17(28-24-15)13(21-19(26)27-20(5,6)7)9-31-14(10-30-8)18-23-16(12(3)4)25-29-18/h11-14H,9-10H2,1-8H3,(H,21,26). The molecule has 0 aliphatic rings. The van der Waals surface area contributed by atoms with Crippen LogP contribution in [0.5, 0.6) is 0 Å². The van der Waals surface area contributed by atoms with E-state index in [1.165, 1.54) is 0 Å². The van der Waals surface area contributed by atoms with E-state index in [2.05, 4.69) is 25.6 Å². The number of hydrogen-bond donors (Lipinski definition) is 1. The lowest BCUT2D eigenvalue weighted by molar-refractivity contribution is 0.0500. The van der Waals surface area contributed by atoms with Crippen molar-refractivity contribution in [3.05, 3.63) is 23.4 Å². The third kappa shape index (κ3) is 8.03. The Morgan fingerprint density at radius 1 is 1.00 bits per heavy atom. The van der Waals surface area contributed by atoms with Gasteiger partial charge in [-0.3, -0.25) is 0 Å². The Hall–Kier alpha value is -1.75. The molecular weight excluding hydrogens is 438 g/mol. The summed E-state index contributed by atoms with van der Waals surface area (Å²) in [5.41, 5.74) is -0.613. The molecular formula is C20H33N5O4S2. The molecule has 2 aromatic rings. The molecule has 0 radical (unpaired) electrons. The molecule has 2 unspecified atom stereocenters. The highest BCUT2D eigenvalue weighted by Gasteiger charge is 2.28. The maximum Gasteiger partial charge on any atom is 0.408 e. The molecule has 11 heteroatoms. The zero-order valence-corrected chi connectivity index (χ0v) is 21.1. The second kappa shape index (κ2) is 11.2. The van der Waals surface area contributed by atoms with Crippen LogP contribution < -0.4 is 5.32 Å². The third-order valence-corrected chi connectivity index (χ3v) is 6.17. The van der Waals surface area contributed by atoms with Crippen molar-refractivity contribution < 1.29 is 18.6 Å². The monoisotopic (exact) mass is 471 g/mol. The van der Waals surface area contributed by atoms with Gasteiger partial charge in [0, 0.05) is 23.3 Å². The predicted molar refractivity (Wildman–Crippen MR) is 122 cm³/mol. The Kier molecular flexibility index (Phi) is 9.23. The van der Waals surface area contributed by atoms with Gasteiger partial charge in [-0.2, -0.15) is 21.7 Å². The maximum absolute atomic E-state index is 12.4. The van der Waals surface area contributed by atoms with E-state index in [9.17, 15) is 4.79 Å². The van der Waals surface area contributed by atoms with Crippen molar-refractivity contribution in [3.63, 3.8) is 0 Å². The fourth-order valence-corrected chi connectivity index (χ4v) is 4.54. The Balaban J connectivity index is 2.17. The van der Waals surface area contributed by atoms with Crippen molar-refractivity contribution >= 4 is 29.6 Å². The quantitative estimate of drug-likeness (QED) is 0.501. The van der Waals surface area contributed by atoms with Crippen molar-refractivity contribution in [2.24, 2.45) is 0 Å². The second-order valence-corrected chi connectivity index (χ2v) is 10.9. The average molecular weight is 472 g/mol. The minimum atomic E-state index is -0.613. The van der Waals surface area contributed by atoms with Gasteiger partial charge in [0.25, 0.3) is 0 Å². The number of alkyl carbamates (subject to hydrolysis) is 1. The van der Waals surface area contributed by atoms with E-state index in [0.29, 0.717) is 29.2 Å². The molecule has 1 amide bonds. The van der Waals surface area contributed by atoms with Crippen LogP contribution in [-0.2, 0) is 4.74 Å². The summed E-state index contributed by atoms with van der Waals surface area (Å²) in [6, 6.07) is -0.517. The van der Waals surface area contributed by atoms with Crippen LogP contribution >= 0.6 is 23.5 Å². The molecule has 0 aromatic carbocycles. The number of carbonyl (C=O) groups is 1. The summed E-state index contributed by atoms with van der Waals surface area (Å²) in [6.07, 6.45) is 1.49. The van der Waals surface area contributed by atoms with Crippen molar-refractivity contribution in [3.8, 4) is 0 Å². The SMILES string of the molecule is CSCC(SCC(NC(=O)OC(C)(C)C)c1nc(C(C)C)no1)c1nc(C(C)C)no1. The first-order valence-corrected chi connectivity index (χ1v) is 12.7. The molecule has 2 atom stereocenters. The predicted octanol–water partition coefficient (Wildman–Crippen LogP) is 5.10. The van der Waals surface area contributed by atoms with Crippen LogP contribution in [0, 0.1) is 0 Å². The number of carbonyl (C=O) groups excluding carboxylic acids is 1. The first-order valence-electron chi connectivity index (χ1n) is 10.3. The normalized spacial score (nSPS) is 14.1. The Morgan fingerprint density at radius 2 is 1.55 bits per heavy atom. The van der Waals surface area contributed by atoms with Crippen molar-refractivity contribution in [1.82, 2.24) is 25.6 Å². The largest absolute Gasteiger partial charge is 0.444 e. The van der Waals surface area contributed by atoms with Crippen LogP contribution in [0.15, 0.2) is 9.05 Å². The second-order valence-electron chi connectivity index (χ2n) is 8.77. The minimum absolute atomic E-state index is 0.0366. The van der Waals surface area contributed by atoms with Gasteiger partial charge in [-0.1, -0.05) is 38.0 Å². The van der Waals surface area contributed by atoms with Gasteiger partial charge in [-0.05, 0) is 27.0 Å². The zero-order chi connectivity index (χ0) is 23.2. The summed E-state index contributed by atoms with van der Waals surface area (Å²) in [5.74, 6) is 3.76. The van der Waals surface area contributed by atoms with Gasteiger partial charge in [-0.25, -0.2) is 4.79 Å². The van der Waals surface area contributed by atoms with Gasteiger partial charge in [0.15, 0.2) is 11.6 Å². The van der Waals surface area contributed by atoms with Crippen LogP contribution in [0.1, 0.15) is 95.0 Å². The highest BCUT2D eigenvalue weighted by molar-refractivity contribution is 8.02. The Morgan fingerprint density at radius 3 is 2.03 bits per heavy atom. The summed E-state index contributed by atoms with van der Waals surface area (Å²) in [5, 5.41) is 10.9. The summed E-state index contributed by atoms with van der Waals surface area (Å²) in [6.45, 7) is 13.5. The van der Waals surface area contributed by atoms with E-state index < -0.39 is 17.7 Å². The first-order chi connectivity index (χ1) is 14.5. The molecule has 0 spiro atoms. The van der Waals surface area contributed by atoms with Crippen LogP contribution in [-0.4, -0.2) is 49.7 Å². The highest BCUT2D eigenvalue weighted by Crippen LogP contribution is 2.34. The molecule has 2 aromatic heterocycles. The summed E-state index contributed by atoms with van der Waals surface area (Å²) in [4.78, 5) is 21.4. The van der Waals surface area contributed by atoms with Gasteiger partial charge < -0.3 is 19.1 Å². The summed E-state index contributed by atoms with van der Waals surface area (Å²) >= 11 is 3.28. The molecule has 2 heterocycles. The number of ether oxygens (including phenoxy) is 1. The number of aromatic nitrogens is 4. The van der Waals surface area contributed by atoms with Gasteiger partial charge in [-0.15, -0.1) is 11.8 Å². The number of hydrogen-bond acceptors (Lipinski definition) is 10. The summed E-state index contributed by atoms with van der Waals surface area (Å²) < 4.78 is 16.4. The molecule has 9 nitrogen and oxygen atoms in total. The van der Waals surface area contributed by atoms with Gasteiger partial charge in [0.05, 0.1) is 5.25 Å². The van der Waals surface area contributed by atoms with E-state index in [1.54, 1.807) is 23.5 Å². The highest BCUT2D eigenvalue weighted by atomic mass is 32.2. The smallest absolute Gasteiger partial charge is 0.408 e. The lowest BCUT2D eigenvalue weighted by Crippen LogP contribution is -2.36. The average Bonchev–Trinajstić information content (AvgIpc) is 3.32. The molecule has 0 fully saturated rings. The van der Waals surface area contributed by atoms with E-state index in [-0.39, 0.29) is 17.1 Å². The zero-order valence-electron chi connectivity index (χ0n) is 19.5. The molecule has 0 saturated heterocycles. The van der Waals surface area contributed by atoms with E-state index in [1.807, 2.05) is 54.7 Å². The molecule has 2 rings (SSSR count). The molecule has 0 bridgehead atoms. The minimum Gasteiger partial charge on any atom is -0.444 e. The number of thioether (sulfide) groups is 2. The Labute approximate surface area is 192 Å². The number of rotatable bonds is 10. The lowest BCUT2D eigenvalue weighted by Gasteiger charge is -2.22. The first kappa shape index (κ1) is 25.5. The molecule has 0 aliphatic carbocycles. The topological polar surface area (TPSA) is 116 Å². The molecule has 31 heavy (non-hydrogen) atoms. The molecule has 0 saturated carbocycles. The molecule has 0 aliphatic heterocycles. The van der Waals surface area contributed by atoms with Crippen molar-refractivity contribution in [2.45, 2.75) is 77.2 Å². The van der Waals surface area contributed by atoms with Crippen LogP contribution in [0.3, 0.4) is 0 Å². The van der Waals surface area contributed by atoms with Gasteiger partial charge >= 0.3 is 6.09 Å². The van der Waals surface area contributed by atoms with E-state index >= 15 is 0 Å². The van der Waals surface area contributed by atoms with Crippen LogP contribution in [0.25, 0.3) is 0 Å². The summed E-state index contributed by atoms with van der Waals surface area (Å²) in [7, 11) is 0. The Bertz CT molecular complexity index is 832. The van der Waals surface area contributed by atoms with Crippen molar-refractivity contribution in [2.75, 3.05) is 17.8 Å². The molecule has 1 N–H and O–H groups in total. The number of nitrogens with one attached hydrogen (secondary N) is 1. The lowest BCUT2D eigenvalue weighted by atomic mass is 10.2. The van der Waals surface area contributed by atoms with Gasteiger partial charge in [0.2, 0.25) is 11.8 Å². The molecule has 174 valence electrons. The number of amides is 1. The fourth-order valence-electron chi connectivity index (χ4n) is 2.41. The van der Waals surface area contributed by atoms with Crippen LogP contribution in [0.2, 0.25) is 0 Å². The van der Waals surface area contributed by atoms with E-state index in [0.717, 1.165) is 5.75 Å². The van der Waals surface area contributed by atoms with Crippen molar-refractivity contribution in [1.29, 1.82) is 0 Å². The maximum atomic E-state index is 12.4. The third-order valence-electron chi connectivity index (χ3n) is 3.99.